The van der Waals surface area contributed by atoms with Crippen LogP contribution >= 0.6 is 0 Å². The number of likely N-dealkylation sites (tertiary alicyclic amines) is 2. The van der Waals surface area contributed by atoms with Gasteiger partial charge in [0, 0.05) is 39.1 Å². The van der Waals surface area contributed by atoms with E-state index in [1.807, 2.05) is 4.90 Å². The first-order chi connectivity index (χ1) is 15.2. The highest BCUT2D eigenvalue weighted by Gasteiger charge is 2.25. The van der Waals surface area contributed by atoms with E-state index < -0.39 is 0 Å². The molecule has 1 N–H and O–H groups in total. The fourth-order valence-electron chi connectivity index (χ4n) is 4.67. The average molecular weight is 419 g/mol. The number of nitrogens with zero attached hydrogens (tertiary/aromatic N) is 3. The van der Waals surface area contributed by atoms with Gasteiger partial charge in [-0.3, -0.25) is 4.79 Å². The van der Waals surface area contributed by atoms with Gasteiger partial charge >= 0.3 is 0 Å². The lowest BCUT2D eigenvalue weighted by Crippen LogP contribution is -2.40. The van der Waals surface area contributed by atoms with Crippen molar-refractivity contribution in [3.05, 3.63) is 71.3 Å². The largest absolute Gasteiger partial charge is 0.357 e. The molecule has 1 unspecified atom stereocenters. The maximum Gasteiger partial charge on any atom is 0.222 e. The summed E-state index contributed by atoms with van der Waals surface area (Å²) in [7, 11) is 0. The van der Waals surface area contributed by atoms with Crippen LogP contribution in [0, 0.1) is 5.92 Å². The van der Waals surface area contributed by atoms with E-state index in [0.29, 0.717) is 25.4 Å². The van der Waals surface area contributed by atoms with Gasteiger partial charge in [-0.15, -0.1) is 0 Å². The average Bonchev–Trinajstić information content (AvgIpc) is 3.42. The van der Waals surface area contributed by atoms with Crippen molar-refractivity contribution in [2.45, 2.75) is 45.7 Å². The summed E-state index contributed by atoms with van der Waals surface area (Å²) < 4.78 is 0. The molecule has 2 aromatic rings. The quantitative estimate of drug-likeness (QED) is 0.549. The Hall–Kier alpha value is -2.82. The number of amides is 1. The van der Waals surface area contributed by atoms with Gasteiger partial charge < -0.3 is 15.1 Å². The predicted octanol–water partition coefficient (Wildman–Crippen LogP) is 3.84. The second kappa shape index (κ2) is 10.5. The van der Waals surface area contributed by atoms with Crippen LogP contribution in [0.1, 0.15) is 42.9 Å². The number of nitrogens with one attached hydrogen (secondary N) is 1. The Kier molecular flexibility index (Phi) is 7.23. The lowest BCUT2D eigenvalue weighted by molar-refractivity contribution is -0.128. The van der Waals surface area contributed by atoms with E-state index in [1.165, 1.54) is 23.1 Å². The van der Waals surface area contributed by atoms with E-state index in [1.54, 1.807) is 0 Å². The molecule has 0 bridgehead atoms. The van der Waals surface area contributed by atoms with Gasteiger partial charge in [0.05, 0.1) is 6.54 Å². The summed E-state index contributed by atoms with van der Waals surface area (Å²) in [5.41, 5.74) is 3.83. The maximum absolute atomic E-state index is 12.1. The molecule has 0 saturated carbocycles. The highest BCUT2D eigenvalue weighted by molar-refractivity contribution is 5.80. The molecule has 0 aliphatic carbocycles. The third kappa shape index (κ3) is 5.66. The molecule has 2 aromatic carbocycles. The van der Waals surface area contributed by atoms with Crippen LogP contribution < -0.4 is 5.32 Å². The van der Waals surface area contributed by atoms with Gasteiger partial charge in [-0.25, -0.2) is 4.99 Å². The zero-order chi connectivity index (χ0) is 21.5. The highest BCUT2D eigenvalue weighted by atomic mass is 16.2. The van der Waals surface area contributed by atoms with E-state index >= 15 is 0 Å². The molecule has 5 heteroatoms. The molecule has 2 aliphatic rings. The molecule has 2 fully saturated rings. The number of benzene rings is 2. The first-order valence-corrected chi connectivity index (χ1v) is 11.6. The van der Waals surface area contributed by atoms with Crippen LogP contribution in [0.25, 0.3) is 0 Å². The van der Waals surface area contributed by atoms with Gasteiger partial charge in [0.25, 0.3) is 0 Å². The highest BCUT2D eigenvalue weighted by Crippen LogP contribution is 2.22. The molecular formula is C26H34N4O. The molecule has 0 aromatic heterocycles. The van der Waals surface area contributed by atoms with Gasteiger partial charge in [-0.2, -0.15) is 0 Å². The van der Waals surface area contributed by atoms with Crippen LogP contribution in [-0.2, 0) is 24.3 Å². The SMILES string of the molecule is CCNC(=NCc1ccccc1CN1CCCC1=O)N1CCC(Cc2ccccc2)C1. The lowest BCUT2D eigenvalue weighted by Gasteiger charge is -2.22. The summed E-state index contributed by atoms with van der Waals surface area (Å²) in [6, 6.07) is 19.2. The van der Waals surface area contributed by atoms with Crippen LogP contribution in [0.4, 0.5) is 0 Å². The van der Waals surface area contributed by atoms with Crippen molar-refractivity contribution >= 4 is 11.9 Å². The minimum atomic E-state index is 0.271. The lowest BCUT2D eigenvalue weighted by atomic mass is 9.99. The predicted molar refractivity (Wildman–Crippen MR) is 126 cm³/mol. The van der Waals surface area contributed by atoms with Crippen molar-refractivity contribution in [3.8, 4) is 0 Å². The monoisotopic (exact) mass is 418 g/mol. The van der Waals surface area contributed by atoms with Crippen molar-refractivity contribution < 1.29 is 4.79 Å². The van der Waals surface area contributed by atoms with E-state index in [4.69, 9.17) is 4.99 Å². The number of rotatable bonds is 7. The molecular weight excluding hydrogens is 384 g/mol. The molecule has 4 rings (SSSR count). The van der Waals surface area contributed by atoms with E-state index in [2.05, 4.69) is 71.7 Å². The minimum Gasteiger partial charge on any atom is -0.357 e. The van der Waals surface area contributed by atoms with Crippen LogP contribution in [0.2, 0.25) is 0 Å². The zero-order valence-corrected chi connectivity index (χ0v) is 18.6. The normalized spacial score (nSPS) is 19.3. The summed E-state index contributed by atoms with van der Waals surface area (Å²) >= 11 is 0. The van der Waals surface area contributed by atoms with Crippen LogP contribution in [-0.4, -0.2) is 47.8 Å². The third-order valence-electron chi connectivity index (χ3n) is 6.34. The Bertz CT molecular complexity index is 895. The molecule has 0 spiro atoms. The van der Waals surface area contributed by atoms with Crippen molar-refractivity contribution in [2.24, 2.45) is 10.9 Å². The Labute approximate surface area is 186 Å². The van der Waals surface area contributed by atoms with Crippen LogP contribution in [0.3, 0.4) is 0 Å². The summed E-state index contributed by atoms with van der Waals surface area (Å²) in [6.45, 7) is 7.29. The van der Waals surface area contributed by atoms with E-state index in [0.717, 1.165) is 45.0 Å². The van der Waals surface area contributed by atoms with Gasteiger partial charge in [0.1, 0.15) is 0 Å². The molecule has 2 saturated heterocycles. The standard InChI is InChI=1S/C26H34N4O/c1-2-27-26(30-16-14-22(19-30)17-21-9-4-3-5-10-21)28-18-23-11-6-7-12-24(23)20-29-15-8-13-25(29)31/h3-7,9-12,22H,2,8,13-20H2,1H3,(H,27,28). The molecule has 2 aliphatic heterocycles. The minimum absolute atomic E-state index is 0.271. The number of carbonyl (C=O) groups excluding carboxylic acids is 1. The first kappa shape index (κ1) is 21.4. The summed E-state index contributed by atoms with van der Waals surface area (Å²) in [4.78, 5) is 21.4. The molecule has 5 nitrogen and oxygen atoms in total. The molecule has 164 valence electrons. The number of carbonyl (C=O) groups is 1. The Morgan fingerprint density at radius 1 is 1.06 bits per heavy atom. The van der Waals surface area contributed by atoms with Gasteiger partial charge in [-0.05, 0) is 48.8 Å². The molecule has 0 radical (unpaired) electrons. The smallest absolute Gasteiger partial charge is 0.222 e. The van der Waals surface area contributed by atoms with Gasteiger partial charge in [-0.1, -0.05) is 54.6 Å². The number of hydrogen-bond donors (Lipinski definition) is 1. The van der Waals surface area contributed by atoms with Crippen molar-refractivity contribution in [2.75, 3.05) is 26.2 Å². The van der Waals surface area contributed by atoms with Gasteiger partial charge in [0.2, 0.25) is 5.91 Å². The number of hydrogen-bond acceptors (Lipinski definition) is 2. The topological polar surface area (TPSA) is 47.9 Å². The molecule has 31 heavy (non-hydrogen) atoms. The van der Waals surface area contributed by atoms with Gasteiger partial charge in [0.15, 0.2) is 5.96 Å². The fraction of sp³-hybridized carbons (Fsp3) is 0.462. The van der Waals surface area contributed by atoms with Crippen molar-refractivity contribution in [3.63, 3.8) is 0 Å². The van der Waals surface area contributed by atoms with E-state index in [-0.39, 0.29) is 5.91 Å². The second-order valence-electron chi connectivity index (χ2n) is 8.65. The summed E-state index contributed by atoms with van der Waals surface area (Å²) in [5, 5.41) is 3.49. The molecule has 1 atom stereocenters. The molecule has 1 amide bonds. The summed E-state index contributed by atoms with van der Waals surface area (Å²) in [6.07, 6.45) is 3.99. The van der Waals surface area contributed by atoms with Crippen LogP contribution in [0.15, 0.2) is 59.6 Å². The number of guanidine groups is 1. The zero-order valence-electron chi connectivity index (χ0n) is 18.6. The first-order valence-electron chi connectivity index (χ1n) is 11.6. The molecule has 2 heterocycles. The Balaban J connectivity index is 1.41. The second-order valence-corrected chi connectivity index (χ2v) is 8.65. The fourth-order valence-corrected chi connectivity index (χ4v) is 4.67. The number of aliphatic imine (C=N–C) groups is 1. The van der Waals surface area contributed by atoms with Crippen LogP contribution in [0.5, 0.6) is 0 Å². The Morgan fingerprint density at radius 3 is 2.58 bits per heavy atom. The Morgan fingerprint density at radius 2 is 1.84 bits per heavy atom. The van der Waals surface area contributed by atoms with Crippen molar-refractivity contribution in [1.82, 2.24) is 15.1 Å². The maximum atomic E-state index is 12.1. The van der Waals surface area contributed by atoms with E-state index in [9.17, 15) is 4.79 Å². The summed E-state index contributed by atoms with van der Waals surface area (Å²) in [5.74, 6) is 1.94. The van der Waals surface area contributed by atoms with Crippen molar-refractivity contribution in [1.29, 1.82) is 0 Å². The third-order valence-corrected chi connectivity index (χ3v) is 6.34.